The predicted molar refractivity (Wildman–Crippen MR) is 89.9 cm³/mol. The molecule has 4 nitrogen and oxygen atoms in total. The number of carbonyl (C=O) groups is 2. The van der Waals surface area contributed by atoms with Gasteiger partial charge in [-0.15, -0.1) is 0 Å². The summed E-state index contributed by atoms with van der Waals surface area (Å²) in [4.78, 5) is 24.2. The smallest absolute Gasteiger partial charge is 0.228 e. The van der Waals surface area contributed by atoms with Crippen LogP contribution in [0.2, 0.25) is 5.02 Å². The molecule has 2 atom stereocenters. The minimum Gasteiger partial charge on any atom is -0.352 e. The summed E-state index contributed by atoms with van der Waals surface area (Å²) in [5.74, 6) is -1.48. The lowest BCUT2D eigenvalue weighted by atomic mass is 10.2. The lowest BCUT2D eigenvalue weighted by molar-refractivity contribution is -0.125. The van der Waals surface area contributed by atoms with Crippen LogP contribution in [0.3, 0.4) is 0 Å². The van der Waals surface area contributed by atoms with Crippen molar-refractivity contribution < 1.29 is 14.0 Å². The normalized spacial score (nSPS) is 18.8. The largest absolute Gasteiger partial charge is 0.352 e. The summed E-state index contributed by atoms with van der Waals surface area (Å²) in [5.41, 5.74) is 1.07. The SMILES string of the molecule is O=C(NCc1ccccc1F)C1CC1C(=O)Nc1ccc(Cl)cc1. The molecule has 2 aromatic rings. The summed E-state index contributed by atoms with van der Waals surface area (Å²) in [6, 6.07) is 13.0. The molecule has 0 spiro atoms. The van der Waals surface area contributed by atoms with Gasteiger partial charge in [0.15, 0.2) is 0 Å². The fourth-order valence-corrected chi connectivity index (χ4v) is 2.62. The highest BCUT2D eigenvalue weighted by atomic mass is 35.5. The molecule has 0 bridgehead atoms. The minimum atomic E-state index is -0.357. The fourth-order valence-electron chi connectivity index (χ4n) is 2.50. The second-order valence-corrected chi connectivity index (χ2v) is 6.19. The minimum absolute atomic E-state index is 0.119. The van der Waals surface area contributed by atoms with Crippen molar-refractivity contribution in [3.63, 3.8) is 0 Å². The number of hydrogen-bond acceptors (Lipinski definition) is 2. The molecule has 2 aromatic carbocycles. The van der Waals surface area contributed by atoms with Gasteiger partial charge in [-0.2, -0.15) is 0 Å². The van der Waals surface area contributed by atoms with Crippen molar-refractivity contribution in [3.05, 3.63) is 64.9 Å². The molecular formula is C18H16ClFN2O2. The zero-order chi connectivity index (χ0) is 17.1. The van der Waals surface area contributed by atoms with Crippen LogP contribution >= 0.6 is 11.6 Å². The number of rotatable bonds is 5. The molecule has 3 rings (SSSR count). The van der Waals surface area contributed by atoms with Crippen LogP contribution in [0.25, 0.3) is 0 Å². The van der Waals surface area contributed by atoms with Gasteiger partial charge in [-0.05, 0) is 36.8 Å². The van der Waals surface area contributed by atoms with E-state index in [9.17, 15) is 14.0 Å². The summed E-state index contributed by atoms with van der Waals surface area (Å²) >= 11 is 5.79. The van der Waals surface area contributed by atoms with Crippen molar-refractivity contribution in [2.75, 3.05) is 5.32 Å². The van der Waals surface area contributed by atoms with E-state index in [4.69, 9.17) is 11.6 Å². The van der Waals surface area contributed by atoms with Crippen LogP contribution in [0.1, 0.15) is 12.0 Å². The van der Waals surface area contributed by atoms with Crippen molar-refractivity contribution in [3.8, 4) is 0 Å². The molecule has 0 heterocycles. The van der Waals surface area contributed by atoms with Crippen LogP contribution in [0.5, 0.6) is 0 Å². The molecule has 0 aliphatic heterocycles. The van der Waals surface area contributed by atoms with Crippen LogP contribution in [0, 0.1) is 17.7 Å². The van der Waals surface area contributed by atoms with E-state index in [1.807, 2.05) is 0 Å². The third-order valence-corrected chi connectivity index (χ3v) is 4.24. The van der Waals surface area contributed by atoms with Gasteiger partial charge in [0.1, 0.15) is 5.82 Å². The Bertz CT molecular complexity index is 764. The van der Waals surface area contributed by atoms with Gasteiger partial charge in [-0.1, -0.05) is 29.8 Å². The maximum absolute atomic E-state index is 13.5. The number of hydrogen-bond donors (Lipinski definition) is 2. The molecule has 2 N–H and O–H groups in total. The van der Waals surface area contributed by atoms with Gasteiger partial charge in [-0.25, -0.2) is 4.39 Å². The quantitative estimate of drug-likeness (QED) is 0.872. The summed E-state index contributed by atoms with van der Waals surface area (Å²) in [7, 11) is 0. The number of anilines is 1. The van der Waals surface area contributed by atoms with Crippen molar-refractivity contribution in [1.82, 2.24) is 5.32 Å². The summed E-state index contributed by atoms with van der Waals surface area (Å²) in [6.45, 7) is 0.119. The van der Waals surface area contributed by atoms with Gasteiger partial charge in [-0.3, -0.25) is 9.59 Å². The van der Waals surface area contributed by atoms with Crippen LogP contribution in [0.4, 0.5) is 10.1 Å². The third-order valence-electron chi connectivity index (χ3n) is 3.99. The van der Waals surface area contributed by atoms with E-state index in [2.05, 4.69) is 10.6 Å². The van der Waals surface area contributed by atoms with Crippen molar-refractivity contribution in [1.29, 1.82) is 0 Å². The number of benzene rings is 2. The Morgan fingerprint density at radius 2 is 1.71 bits per heavy atom. The van der Waals surface area contributed by atoms with E-state index in [0.29, 0.717) is 22.7 Å². The van der Waals surface area contributed by atoms with E-state index in [0.717, 1.165) is 0 Å². The lowest BCUT2D eigenvalue weighted by Gasteiger charge is -2.07. The van der Waals surface area contributed by atoms with Crippen LogP contribution < -0.4 is 10.6 Å². The Labute approximate surface area is 144 Å². The van der Waals surface area contributed by atoms with Crippen molar-refractivity contribution in [2.45, 2.75) is 13.0 Å². The average Bonchev–Trinajstić information content (AvgIpc) is 3.37. The van der Waals surface area contributed by atoms with E-state index in [-0.39, 0.29) is 36.0 Å². The van der Waals surface area contributed by atoms with Crippen LogP contribution in [0.15, 0.2) is 48.5 Å². The van der Waals surface area contributed by atoms with Gasteiger partial charge in [0.05, 0.1) is 11.8 Å². The fraction of sp³-hybridized carbons (Fsp3) is 0.222. The molecule has 1 saturated carbocycles. The van der Waals surface area contributed by atoms with Gasteiger partial charge in [0.2, 0.25) is 11.8 Å². The molecule has 1 aliphatic rings. The van der Waals surface area contributed by atoms with Gasteiger partial charge >= 0.3 is 0 Å². The first-order valence-corrected chi connectivity index (χ1v) is 8.00. The van der Waals surface area contributed by atoms with E-state index in [1.165, 1.54) is 6.07 Å². The highest BCUT2D eigenvalue weighted by molar-refractivity contribution is 6.30. The lowest BCUT2D eigenvalue weighted by Crippen LogP contribution is -2.27. The molecule has 0 aromatic heterocycles. The third kappa shape index (κ3) is 3.92. The Morgan fingerprint density at radius 1 is 1.04 bits per heavy atom. The topological polar surface area (TPSA) is 58.2 Å². The predicted octanol–water partition coefficient (Wildman–Crippen LogP) is 3.37. The standard InChI is InChI=1S/C18H16ClFN2O2/c19-12-5-7-13(8-6-12)22-18(24)15-9-14(15)17(23)21-10-11-3-1-2-4-16(11)20/h1-8,14-15H,9-10H2,(H,21,23)(H,22,24). The van der Waals surface area contributed by atoms with E-state index in [1.54, 1.807) is 42.5 Å². The second-order valence-electron chi connectivity index (χ2n) is 5.75. The Kier molecular flexibility index (Phi) is 4.81. The molecule has 1 aliphatic carbocycles. The second kappa shape index (κ2) is 7.01. The van der Waals surface area contributed by atoms with Crippen molar-refractivity contribution in [2.24, 2.45) is 11.8 Å². The molecule has 1 fully saturated rings. The average molecular weight is 347 g/mol. The number of nitrogens with one attached hydrogen (secondary N) is 2. The number of carbonyl (C=O) groups excluding carboxylic acids is 2. The molecule has 6 heteroatoms. The maximum atomic E-state index is 13.5. The molecule has 0 radical (unpaired) electrons. The Morgan fingerprint density at radius 3 is 2.42 bits per heavy atom. The number of amides is 2. The summed E-state index contributed by atoms with van der Waals surface area (Å²) in [6.07, 6.45) is 0.503. The van der Waals surface area contributed by atoms with Gasteiger partial charge in [0.25, 0.3) is 0 Å². The number of halogens is 2. The summed E-state index contributed by atoms with van der Waals surface area (Å²) < 4.78 is 13.5. The van der Waals surface area contributed by atoms with Crippen LogP contribution in [-0.2, 0) is 16.1 Å². The molecule has 124 valence electrons. The molecule has 2 amide bonds. The van der Waals surface area contributed by atoms with E-state index < -0.39 is 0 Å². The molecule has 0 saturated heterocycles. The first-order chi connectivity index (χ1) is 11.5. The first-order valence-electron chi connectivity index (χ1n) is 7.62. The monoisotopic (exact) mass is 346 g/mol. The van der Waals surface area contributed by atoms with E-state index >= 15 is 0 Å². The van der Waals surface area contributed by atoms with Crippen LogP contribution in [-0.4, -0.2) is 11.8 Å². The highest BCUT2D eigenvalue weighted by Gasteiger charge is 2.47. The maximum Gasteiger partial charge on any atom is 0.228 e. The first kappa shape index (κ1) is 16.5. The zero-order valence-electron chi connectivity index (χ0n) is 12.8. The molecule has 24 heavy (non-hydrogen) atoms. The zero-order valence-corrected chi connectivity index (χ0v) is 13.5. The van der Waals surface area contributed by atoms with Gasteiger partial charge in [0, 0.05) is 22.8 Å². The Balaban J connectivity index is 1.49. The van der Waals surface area contributed by atoms with Crippen molar-refractivity contribution >= 4 is 29.1 Å². The summed E-state index contributed by atoms with van der Waals surface area (Å²) in [5, 5.41) is 6.03. The Hall–Kier alpha value is -2.40. The highest BCUT2D eigenvalue weighted by Crippen LogP contribution is 2.39. The van der Waals surface area contributed by atoms with Gasteiger partial charge < -0.3 is 10.6 Å². The molecule has 2 unspecified atom stereocenters. The molecular weight excluding hydrogens is 331 g/mol.